The number of nitro groups is 1. The number of nitro benzene ring substituents is 1. The molecule has 0 atom stereocenters. The molecule has 0 aromatic heterocycles. The molecular formula is C19H21IN2O4. The summed E-state index contributed by atoms with van der Waals surface area (Å²) in [6.45, 7) is 1.53. The molecule has 0 aliphatic carbocycles. The number of nitrogens with zero attached hydrogens (tertiary/aromatic N) is 2. The molecule has 0 N–H and O–H groups in total. The van der Waals surface area contributed by atoms with Gasteiger partial charge in [0.15, 0.2) is 0 Å². The molecular weight excluding hydrogens is 447 g/mol. The van der Waals surface area contributed by atoms with Crippen LogP contribution in [0.4, 0.5) is 5.69 Å². The van der Waals surface area contributed by atoms with Crippen molar-refractivity contribution in [2.24, 2.45) is 0 Å². The molecule has 0 aliphatic rings. The minimum atomic E-state index is -0.459. The Morgan fingerprint density at radius 3 is 2.54 bits per heavy atom. The van der Waals surface area contributed by atoms with Crippen LogP contribution in [0.1, 0.15) is 22.3 Å². The number of carbonyl (C=O) groups excluding carboxylic acids is 1. The fourth-order valence-electron chi connectivity index (χ4n) is 2.60. The van der Waals surface area contributed by atoms with Gasteiger partial charge in [-0.2, -0.15) is 0 Å². The molecule has 0 heterocycles. The van der Waals surface area contributed by atoms with Crippen molar-refractivity contribution in [3.8, 4) is 0 Å². The summed E-state index contributed by atoms with van der Waals surface area (Å²) in [7, 11) is 1.60. The van der Waals surface area contributed by atoms with Crippen molar-refractivity contribution in [3.05, 3.63) is 73.3 Å². The lowest BCUT2D eigenvalue weighted by molar-refractivity contribution is -0.384. The van der Waals surface area contributed by atoms with Crippen LogP contribution >= 0.6 is 22.6 Å². The minimum absolute atomic E-state index is 0.0153. The zero-order valence-electron chi connectivity index (χ0n) is 14.6. The lowest BCUT2D eigenvalue weighted by Crippen LogP contribution is -2.35. The van der Waals surface area contributed by atoms with Crippen LogP contribution in [0.2, 0.25) is 0 Å². The van der Waals surface area contributed by atoms with Crippen LogP contribution in [0.5, 0.6) is 0 Å². The monoisotopic (exact) mass is 468 g/mol. The Hall–Kier alpha value is -2.00. The summed E-state index contributed by atoms with van der Waals surface area (Å²) in [6.07, 6.45) is 1.72. The molecule has 0 bridgehead atoms. The van der Waals surface area contributed by atoms with E-state index in [1.807, 2.05) is 40.8 Å². The van der Waals surface area contributed by atoms with E-state index in [9.17, 15) is 14.9 Å². The van der Waals surface area contributed by atoms with Crippen LogP contribution in [0, 0.1) is 13.7 Å². The van der Waals surface area contributed by atoms with Gasteiger partial charge < -0.3 is 9.64 Å². The van der Waals surface area contributed by atoms with Crippen LogP contribution < -0.4 is 0 Å². The number of aryl methyl sites for hydroxylation is 1. The molecule has 0 saturated carbocycles. The van der Waals surface area contributed by atoms with Crippen molar-refractivity contribution >= 4 is 34.2 Å². The van der Waals surface area contributed by atoms with E-state index in [2.05, 4.69) is 12.1 Å². The largest absolute Gasteiger partial charge is 0.383 e. The predicted molar refractivity (Wildman–Crippen MR) is 108 cm³/mol. The molecule has 7 heteroatoms. The molecule has 2 aromatic carbocycles. The van der Waals surface area contributed by atoms with Crippen LogP contribution in [-0.4, -0.2) is 42.5 Å². The number of carbonyl (C=O) groups is 1. The van der Waals surface area contributed by atoms with Crippen LogP contribution in [0.25, 0.3) is 0 Å². The second-order valence-electron chi connectivity index (χ2n) is 5.80. The summed E-state index contributed by atoms with van der Waals surface area (Å²) in [5, 5.41) is 10.9. The first-order valence-electron chi connectivity index (χ1n) is 8.29. The quantitative estimate of drug-likeness (QED) is 0.318. The average molecular weight is 468 g/mol. The van der Waals surface area contributed by atoms with Crippen LogP contribution in [-0.2, 0) is 11.2 Å². The number of amides is 1. The van der Waals surface area contributed by atoms with Crippen molar-refractivity contribution in [1.29, 1.82) is 0 Å². The number of benzene rings is 2. The van der Waals surface area contributed by atoms with E-state index in [-0.39, 0.29) is 11.6 Å². The van der Waals surface area contributed by atoms with E-state index in [1.54, 1.807) is 12.0 Å². The number of halogens is 1. The van der Waals surface area contributed by atoms with Crippen LogP contribution in [0.15, 0.2) is 48.5 Å². The molecule has 0 saturated heterocycles. The fourth-order valence-corrected chi connectivity index (χ4v) is 3.33. The van der Waals surface area contributed by atoms with Gasteiger partial charge in [0, 0.05) is 35.9 Å². The van der Waals surface area contributed by atoms with E-state index in [4.69, 9.17) is 4.74 Å². The summed E-state index contributed by atoms with van der Waals surface area (Å²) in [6, 6.07) is 14.4. The Morgan fingerprint density at radius 2 is 1.92 bits per heavy atom. The van der Waals surface area contributed by atoms with Crippen molar-refractivity contribution in [3.63, 3.8) is 0 Å². The van der Waals surface area contributed by atoms with E-state index in [1.165, 1.54) is 23.8 Å². The lowest BCUT2D eigenvalue weighted by Gasteiger charge is -2.23. The predicted octanol–water partition coefficient (Wildman–Crippen LogP) is 3.92. The van der Waals surface area contributed by atoms with E-state index >= 15 is 0 Å². The van der Waals surface area contributed by atoms with E-state index in [0.29, 0.717) is 28.8 Å². The fraction of sp³-hybridized carbons (Fsp3) is 0.316. The molecule has 6 nitrogen and oxygen atoms in total. The molecule has 0 spiro atoms. The third kappa shape index (κ3) is 5.77. The molecule has 0 unspecified atom stereocenters. The molecule has 1 amide bonds. The van der Waals surface area contributed by atoms with Gasteiger partial charge in [0.2, 0.25) is 0 Å². The third-order valence-corrected chi connectivity index (χ3v) is 4.88. The lowest BCUT2D eigenvalue weighted by atomic mass is 10.1. The zero-order chi connectivity index (χ0) is 18.9. The Balaban J connectivity index is 2.07. The van der Waals surface area contributed by atoms with Gasteiger partial charge in [-0.1, -0.05) is 30.3 Å². The number of rotatable bonds is 9. The molecule has 2 rings (SSSR count). The maximum Gasteiger partial charge on any atom is 0.270 e. The highest BCUT2D eigenvalue weighted by molar-refractivity contribution is 14.1. The highest BCUT2D eigenvalue weighted by Gasteiger charge is 2.20. The molecule has 138 valence electrons. The van der Waals surface area contributed by atoms with E-state index in [0.717, 1.165) is 12.8 Å². The Kier molecular flexibility index (Phi) is 7.99. The maximum absolute atomic E-state index is 12.9. The normalized spacial score (nSPS) is 10.5. The van der Waals surface area contributed by atoms with Gasteiger partial charge in [0.1, 0.15) is 0 Å². The number of hydrogen-bond acceptors (Lipinski definition) is 4. The second kappa shape index (κ2) is 10.2. The Bertz CT molecular complexity index is 752. The van der Waals surface area contributed by atoms with Gasteiger partial charge >= 0.3 is 0 Å². The van der Waals surface area contributed by atoms with Gasteiger partial charge in [-0.25, -0.2) is 0 Å². The second-order valence-corrected chi connectivity index (χ2v) is 6.96. The Morgan fingerprint density at radius 1 is 1.19 bits per heavy atom. The SMILES string of the molecule is COCCN(CCCc1ccccc1)C(=O)c1ccc([N+](=O)[O-])cc1I. The Labute approximate surface area is 166 Å². The molecule has 2 aromatic rings. The first-order chi connectivity index (χ1) is 12.5. The van der Waals surface area contributed by atoms with Gasteiger partial charge in [-0.15, -0.1) is 0 Å². The van der Waals surface area contributed by atoms with Crippen molar-refractivity contribution in [2.45, 2.75) is 12.8 Å². The van der Waals surface area contributed by atoms with Gasteiger partial charge in [-0.05, 0) is 47.1 Å². The number of non-ortho nitro benzene ring substituents is 1. The van der Waals surface area contributed by atoms with Gasteiger partial charge in [-0.3, -0.25) is 14.9 Å². The zero-order valence-corrected chi connectivity index (χ0v) is 16.7. The average Bonchev–Trinajstić information content (AvgIpc) is 2.64. The number of hydrogen-bond donors (Lipinski definition) is 0. The minimum Gasteiger partial charge on any atom is -0.383 e. The van der Waals surface area contributed by atoms with Crippen molar-refractivity contribution in [2.75, 3.05) is 26.8 Å². The molecule has 26 heavy (non-hydrogen) atoms. The smallest absolute Gasteiger partial charge is 0.270 e. The summed E-state index contributed by atoms with van der Waals surface area (Å²) >= 11 is 1.97. The highest BCUT2D eigenvalue weighted by Crippen LogP contribution is 2.21. The molecule has 0 radical (unpaired) electrons. The number of ether oxygens (including phenoxy) is 1. The van der Waals surface area contributed by atoms with Gasteiger partial charge in [0.05, 0.1) is 17.1 Å². The molecule has 0 fully saturated rings. The topological polar surface area (TPSA) is 72.7 Å². The maximum atomic E-state index is 12.9. The summed E-state index contributed by atoms with van der Waals surface area (Å²) in [4.78, 5) is 25.1. The van der Waals surface area contributed by atoms with Crippen molar-refractivity contribution in [1.82, 2.24) is 4.90 Å². The highest BCUT2D eigenvalue weighted by atomic mass is 127. The van der Waals surface area contributed by atoms with Crippen molar-refractivity contribution < 1.29 is 14.5 Å². The van der Waals surface area contributed by atoms with Crippen LogP contribution in [0.3, 0.4) is 0 Å². The number of methoxy groups -OCH3 is 1. The van der Waals surface area contributed by atoms with E-state index < -0.39 is 4.92 Å². The first kappa shape index (κ1) is 20.3. The summed E-state index contributed by atoms with van der Waals surface area (Å²) in [5.41, 5.74) is 1.70. The van der Waals surface area contributed by atoms with Gasteiger partial charge in [0.25, 0.3) is 11.6 Å². The molecule has 0 aliphatic heterocycles. The standard InChI is InChI=1S/C19H21IN2O4/c1-26-13-12-21(11-5-8-15-6-3-2-4-7-15)19(23)17-10-9-16(22(24)25)14-18(17)20/h2-4,6-7,9-10,14H,5,8,11-13H2,1H3. The summed E-state index contributed by atoms with van der Waals surface area (Å²) in [5.74, 6) is -0.130. The summed E-state index contributed by atoms with van der Waals surface area (Å²) < 4.78 is 5.69. The third-order valence-electron chi connectivity index (χ3n) is 3.98. The first-order valence-corrected chi connectivity index (χ1v) is 9.37.